The van der Waals surface area contributed by atoms with Gasteiger partial charge in [-0.25, -0.2) is 9.97 Å². The van der Waals surface area contributed by atoms with Crippen molar-refractivity contribution < 1.29 is 31.4 Å². The number of aryl methyl sites for hydroxylation is 1. The van der Waals surface area contributed by atoms with E-state index in [1.807, 2.05) is 0 Å². The highest BCUT2D eigenvalue weighted by Gasteiger charge is 2.51. The maximum atomic E-state index is 13.2. The predicted octanol–water partition coefficient (Wildman–Crippen LogP) is 4.08. The number of hydrogen-bond acceptors (Lipinski definition) is 4. The van der Waals surface area contributed by atoms with Crippen LogP contribution in [0.4, 0.5) is 32.2 Å². The van der Waals surface area contributed by atoms with Crippen LogP contribution in [0.2, 0.25) is 0 Å². The lowest BCUT2D eigenvalue weighted by Gasteiger charge is -2.27. The van der Waals surface area contributed by atoms with Crippen LogP contribution in [-0.4, -0.2) is 25.7 Å². The Labute approximate surface area is 154 Å². The van der Waals surface area contributed by atoms with Crippen molar-refractivity contribution in [1.29, 1.82) is 0 Å². The number of hydrogen-bond donors (Lipinski definition) is 2. The molecule has 2 aromatic heterocycles. The lowest BCUT2D eigenvalue weighted by molar-refractivity contribution is -0.258. The topological polar surface area (TPSA) is 76.4 Å². The van der Waals surface area contributed by atoms with E-state index in [9.17, 15) is 31.4 Å². The summed E-state index contributed by atoms with van der Waals surface area (Å²) in [4.78, 5) is 7.19. The Bertz CT molecular complexity index is 1050. The minimum Gasteiger partial charge on any atom is -0.381 e. The van der Waals surface area contributed by atoms with Crippen LogP contribution < -0.4 is 5.73 Å². The molecule has 0 aliphatic carbocycles. The standard InChI is InChI=1S/C17H14F6N4O/c1-8-3-4-9(15(2,28)17(21,22)23)5-10(8)11-6-25-14-13(24)26-12(7-27(11)14)16(18,19)20/h3-7,28H,1-2H3,(H2,24,26). The molecule has 1 atom stereocenters. The van der Waals surface area contributed by atoms with Crippen molar-refractivity contribution >= 4 is 11.5 Å². The summed E-state index contributed by atoms with van der Waals surface area (Å²) < 4.78 is 79.7. The minimum absolute atomic E-state index is 0.0737. The molecule has 0 aliphatic rings. The van der Waals surface area contributed by atoms with Crippen molar-refractivity contribution in [3.63, 3.8) is 0 Å². The molecule has 28 heavy (non-hydrogen) atoms. The van der Waals surface area contributed by atoms with Gasteiger partial charge < -0.3 is 10.8 Å². The van der Waals surface area contributed by atoms with Crippen LogP contribution in [0.25, 0.3) is 16.9 Å². The molecule has 11 heteroatoms. The summed E-state index contributed by atoms with van der Waals surface area (Å²) in [6.07, 6.45) is -7.87. The third-order valence-corrected chi connectivity index (χ3v) is 4.44. The Morgan fingerprint density at radius 1 is 1.11 bits per heavy atom. The molecular weight excluding hydrogens is 390 g/mol. The molecule has 0 radical (unpaired) electrons. The summed E-state index contributed by atoms with van der Waals surface area (Å²) in [6, 6.07) is 3.50. The summed E-state index contributed by atoms with van der Waals surface area (Å²) >= 11 is 0. The first-order chi connectivity index (χ1) is 12.7. The molecule has 0 spiro atoms. The highest BCUT2D eigenvalue weighted by atomic mass is 19.4. The van der Waals surface area contributed by atoms with Gasteiger partial charge in [0.25, 0.3) is 0 Å². The summed E-state index contributed by atoms with van der Waals surface area (Å²) in [6.45, 7) is 2.16. The summed E-state index contributed by atoms with van der Waals surface area (Å²) in [5.74, 6) is -0.475. The Morgan fingerprint density at radius 2 is 1.75 bits per heavy atom. The number of halogens is 6. The van der Waals surface area contributed by atoms with E-state index >= 15 is 0 Å². The van der Waals surface area contributed by atoms with Gasteiger partial charge in [-0.3, -0.25) is 4.40 Å². The predicted molar refractivity (Wildman–Crippen MR) is 88.2 cm³/mol. The van der Waals surface area contributed by atoms with E-state index in [1.165, 1.54) is 12.3 Å². The molecule has 5 nitrogen and oxygen atoms in total. The number of imidazole rings is 1. The zero-order valence-corrected chi connectivity index (χ0v) is 14.5. The number of aliphatic hydroxyl groups is 1. The molecule has 3 aromatic rings. The van der Waals surface area contributed by atoms with Gasteiger partial charge >= 0.3 is 12.4 Å². The van der Waals surface area contributed by atoms with Gasteiger partial charge in [0.05, 0.1) is 11.9 Å². The number of alkyl halides is 6. The van der Waals surface area contributed by atoms with Gasteiger partial charge in [-0.15, -0.1) is 0 Å². The average Bonchev–Trinajstić information content (AvgIpc) is 2.97. The van der Waals surface area contributed by atoms with Crippen LogP contribution in [0.3, 0.4) is 0 Å². The first-order valence-corrected chi connectivity index (χ1v) is 7.85. The zero-order chi connectivity index (χ0) is 21.1. The Balaban J connectivity index is 2.26. The van der Waals surface area contributed by atoms with Crippen molar-refractivity contribution in [1.82, 2.24) is 14.4 Å². The van der Waals surface area contributed by atoms with Gasteiger partial charge in [-0.05, 0) is 31.0 Å². The quantitative estimate of drug-likeness (QED) is 0.632. The second kappa shape index (κ2) is 6.09. The number of rotatable bonds is 2. The molecule has 0 saturated heterocycles. The lowest BCUT2D eigenvalue weighted by atomic mass is 9.91. The molecule has 0 aliphatic heterocycles. The van der Waals surface area contributed by atoms with Gasteiger partial charge in [-0.2, -0.15) is 26.3 Å². The van der Waals surface area contributed by atoms with E-state index in [2.05, 4.69) is 9.97 Å². The lowest BCUT2D eigenvalue weighted by Crippen LogP contribution is -2.39. The van der Waals surface area contributed by atoms with E-state index < -0.39 is 35.0 Å². The number of nitrogens with zero attached hydrogens (tertiary/aromatic N) is 3. The molecule has 1 aromatic carbocycles. The molecule has 3 rings (SSSR count). The highest BCUT2D eigenvalue weighted by molar-refractivity contribution is 5.72. The maximum absolute atomic E-state index is 13.2. The van der Waals surface area contributed by atoms with Gasteiger partial charge in [0.15, 0.2) is 22.8 Å². The number of fused-ring (bicyclic) bond motifs is 1. The van der Waals surface area contributed by atoms with E-state index in [4.69, 9.17) is 5.73 Å². The van der Waals surface area contributed by atoms with Crippen LogP contribution in [0, 0.1) is 6.92 Å². The fourth-order valence-corrected chi connectivity index (χ4v) is 2.71. The van der Waals surface area contributed by atoms with Crippen LogP contribution >= 0.6 is 0 Å². The molecular formula is C17H14F6N4O. The van der Waals surface area contributed by atoms with Crippen molar-refractivity contribution in [3.05, 3.63) is 47.4 Å². The Morgan fingerprint density at radius 3 is 2.32 bits per heavy atom. The van der Waals surface area contributed by atoms with Crippen molar-refractivity contribution in [2.75, 3.05) is 5.73 Å². The van der Waals surface area contributed by atoms with Crippen molar-refractivity contribution in [3.8, 4) is 11.3 Å². The highest BCUT2D eigenvalue weighted by Crippen LogP contribution is 2.40. The average molecular weight is 404 g/mol. The zero-order valence-electron chi connectivity index (χ0n) is 14.5. The third kappa shape index (κ3) is 3.15. The normalized spacial score (nSPS) is 15.0. The molecule has 2 heterocycles. The number of anilines is 1. The van der Waals surface area contributed by atoms with Gasteiger partial charge in [0, 0.05) is 11.8 Å². The van der Waals surface area contributed by atoms with E-state index in [0.29, 0.717) is 18.7 Å². The summed E-state index contributed by atoms with van der Waals surface area (Å²) in [7, 11) is 0. The molecule has 0 amide bonds. The van der Waals surface area contributed by atoms with Crippen LogP contribution in [0.5, 0.6) is 0 Å². The van der Waals surface area contributed by atoms with Gasteiger partial charge in [0.1, 0.15) is 0 Å². The molecule has 150 valence electrons. The summed E-state index contributed by atoms with van der Waals surface area (Å²) in [5.41, 5.74) is 1.30. The third-order valence-electron chi connectivity index (χ3n) is 4.44. The van der Waals surface area contributed by atoms with Crippen LogP contribution in [0.1, 0.15) is 23.7 Å². The fourth-order valence-electron chi connectivity index (χ4n) is 2.71. The molecule has 0 fully saturated rings. The van der Waals surface area contributed by atoms with Crippen molar-refractivity contribution in [2.24, 2.45) is 0 Å². The number of benzene rings is 1. The van der Waals surface area contributed by atoms with Gasteiger partial charge in [0.2, 0.25) is 0 Å². The fraction of sp³-hybridized carbons (Fsp3) is 0.294. The molecule has 3 N–H and O–H groups in total. The number of aromatic nitrogens is 3. The van der Waals surface area contributed by atoms with Crippen LogP contribution in [0.15, 0.2) is 30.6 Å². The minimum atomic E-state index is -4.95. The van der Waals surface area contributed by atoms with Crippen LogP contribution in [-0.2, 0) is 11.8 Å². The first-order valence-electron chi connectivity index (χ1n) is 7.85. The van der Waals surface area contributed by atoms with E-state index in [1.54, 1.807) is 6.92 Å². The van der Waals surface area contributed by atoms with E-state index in [-0.39, 0.29) is 16.9 Å². The molecule has 0 bridgehead atoms. The second-order valence-corrected chi connectivity index (χ2v) is 6.45. The van der Waals surface area contributed by atoms with Gasteiger partial charge in [-0.1, -0.05) is 12.1 Å². The number of nitrogen functional groups attached to an aromatic ring is 1. The SMILES string of the molecule is Cc1ccc(C(C)(O)C(F)(F)F)cc1-c1cnc2c(N)nc(C(F)(F)F)cn12. The smallest absolute Gasteiger partial charge is 0.381 e. The van der Waals surface area contributed by atoms with E-state index in [0.717, 1.165) is 16.5 Å². The summed E-state index contributed by atoms with van der Waals surface area (Å²) in [5, 5.41) is 9.92. The van der Waals surface area contributed by atoms with Crippen molar-refractivity contribution in [2.45, 2.75) is 31.8 Å². The molecule has 1 unspecified atom stereocenters. The second-order valence-electron chi connectivity index (χ2n) is 6.45. The Hall–Kier alpha value is -2.82. The Kier molecular flexibility index (Phi) is 4.34. The first kappa shape index (κ1) is 19.9. The molecule has 0 saturated carbocycles. The monoisotopic (exact) mass is 404 g/mol. The largest absolute Gasteiger partial charge is 0.434 e. The number of nitrogens with two attached hydrogens (primary N) is 1. The maximum Gasteiger partial charge on any atom is 0.434 e.